The van der Waals surface area contributed by atoms with E-state index in [9.17, 15) is 13.2 Å². The summed E-state index contributed by atoms with van der Waals surface area (Å²) in [5.41, 5.74) is 3.95. The summed E-state index contributed by atoms with van der Waals surface area (Å²) >= 11 is 0. The smallest absolute Gasteiger partial charge is 0.229 e. The molecule has 0 spiro atoms. The highest BCUT2D eigenvalue weighted by molar-refractivity contribution is 7.92. The lowest BCUT2D eigenvalue weighted by molar-refractivity contribution is 0.104. The number of fused-ring (bicyclic) bond motifs is 2. The molecule has 11 nitrogen and oxygen atoms in total. The van der Waals surface area contributed by atoms with Gasteiger partial charge in [-0.05, 0) is 42.5 Å². The van der Waals surface area contributed by atoms with E-state index in [1.807, 2.05) is 66.7 Å². The van der Waals surface area contributed by atoms with Crippen LogP contribution in [0.2, 0.25) is 0 Å². The first-order chi connectivity index (χ1) is 23.7. The Morgan fingerprint density at radius 1 is 0.653 bits per heavy atom. The molecule has 0 amide bonds. The predicted octanol–water partition coefficient (Wildman–Crippen LogP) is 7.44. The standard InChI is InChI=1S/C37H30N4O7S/c1-45-22-16-14-21(15-17-22)38-28-20-31(48-23-10-6-5-7-11-23)35-33-32(28)36(42)25-13-9-8-12-24(25)34(33)39-37(40-35)26-18-29(46-2)30(47-3)19-27(26)41-49(4,43)44/h5-20,38,41H,1-4H3. The Kier molecular flexibility index (Phi) is 8.01. The SMILES string of the molecule is COc1ccc(Nc2cc(Oc3ccccc3)c3nc(-c4cc(OC)c(OC)cc4NS(C)(=O)=O)nc4c3c2C(=O)c2ccccc2-4)cc1. The van der Waals surface area contributed by atoms with Crippen LogP contribution in [0, 0.1) is 0 Å². The molecule has 1 aliphatic rings. The van der Waals surface area contributed by atoms with E-state index in [2.05, 4.69) is 10.0 Å². The Morgan fingerprint density at radius 2 is 1.31 bits per heavy atom. The van der Waals surface area contributed by atoms with Gasteiger partial charge in [-0.25, -0.2) is 18.4 Å². The molecule has 0 radical (unpaired) electrons. The van der Waals surface area contributed by atoms with Crippen LogP contribution in [0.1, 0.15) is 15.9 Å². The van der Waals surface area contributed by atoms with Crippen molar-refractivity contribution in [3.8, 4) is 51.4 Å². The molecule has 1 heterocycles. The van der Waals surface area contributed by atoms with Crippen molar-refractivity contribution in [1.29, 1.82) is 0 Å². The van der Waals surface area contributed by atoms with E-state index in [-0.39, 0.29) is 17.3 Å². The third-order valence-corrected chi connectivity index (χ3v) is 8.58. The van der Waals surface area contributed by atoms with E-state index in [1.165, 1.54) is 20.3 Å². The maximum Gasteiger partial charge on any atom is 0.229 e. The van der Waals surface area contributed by atoms with Crippen LogP contribution in [0.3, 0.4) is 0 Å². The Morgan fingerprint density at radius 3 is 1.98 bits per heavy atom. The number of carbonyl (C=O) groups is 1. The maximum atomic E-state index is 14.3. The summed E-state index contributed by atoms with van der Waals surface area (Å²) in [6.45, 7) is 0. The van der Waals surface area contributed by atoms with Gasteiger partial charge in [-0.1, -0.05) is 42.5 Å². The van der Waals surface area contributed by atoms with Crippen LogP contribution in [0.4, 0.5) is 17.1 Å². The van der Waals surface area contributed by atoms with Gasteiger partial charge in [-0.2, -0.15) is 0 Å². The number of benzene rings is 5. The Hall–Kier alpha value is -6.14. The molecule has 1 aliphatic carbocycles. The largest absolute Gasteiger partial charge is 0.497 e. The molecule has 2 N–H and O–H groups in total. The van der Waals surface area contributed by atoms with Crippen LogP contribution >= 0.6 is 0 Å². The number of methoxy groups -OCH3 is 3. The van der Waals surface area contributed by atoms with E-state index < -0.39 is 10.0 Å². The van der Waals surface area contributed by atoms with Gasteiger partial charge in [0.1, 0.15) is 17.0 Å². The number of sulfonamides is 1. The molecular formula is C37H30N4O7S. The number of para-hydroxylation sites is 1. The van der Waals surface area contributed by atoms with Crippen molar-refractivity contribution in [2.24, 2.45) is 0 Å². The highest BCUT2D eigenvalue weighted by Crippen LogP contribution is 2.47. The highest BCUT2D eigenvalue weighted by atomic mass is 32.2. The Labute approximate surface area is 282 Å². The fraction of sp³-hybridized carbons (Fsp3) is 0.108. The third-order valence-electron chi connectivity index (χ3n) is 7.99. The summed E-state index contributed by atoms with van der Waals surface area (Å²) in [6.07, 6.45) is 1.05. The van der Waals surface area contributed by atoms with E-state index in [0.29, 0.717) is 73.3 Å². The zero-order valence-corrected chi connectivity index (χ0v) is 27.7. The number of nitrogens with zero attached hydrogens (tertiary/aromatic N) is 2. The second-order valence-corrected chi connectivity index (χ2v) is 12.9. The molecule has 12 heteroatoms. The molecule has 0 bridgehead atoms. The number of aromatic nitrogens is 2. The number of ether oxygens (including phenoxy) is 4. The quantitative estimate of drug-likeness (QED) is 0.151. The van der Waals surface area contributed by atoms with Crippen LogP contribution in [-0.2, 0) is 10.0 Å². The minimum Gasteiger partial charge on any atom is -0.497 e. The number of hydrogen-bond donors (Lipinski definition) is 2. The lowest BCUT2D eigenvalue weighted by atomic mass is 9.85. The number of hydrogen-bond acceptors (Lipinski definition) is 10. The van der Waals surface area contributed by atoms with Crippen molar-refractivity contribution >= 4 is 43.8 Å². The Balaban J connectivity index is 1.56. The third kappa shape index (κ3) is 5.93. The van der Waals surface area contributed by atoms with E-state index >= 15 is 0 Å². The van der Waals surface area contributed by atoms with Crippen molar-refractivity contribution in [2.45, 2.75) is 0 Å². The normalized spacial score (nSPS) is 11.9. The highest BCUT2D eigenvalue weighted by Gasteiger charge is 2.33. The molecule has 1 aromatic heterocycles. The minimum atomic E-state index is -3.74. The average molecular weight is 675 g/mol. The first kappa shape index (κ1) is 31.5. The summed E-state index contributed by atoms with van der Waals surface area (Å²) in [6, 6.07) is 28.6. The summed E-state index contributed by atoms with van der Waals surface area (Å²) in [5.74, 6) is 2.17. The summed E-state index contributed by atoms with van der Waals surface area (Å²) in [4.78, 5) is 24.3. The number of carbonyl (C=O) groups excluding carboxylic acids is 1. The van der Waals surface area contributed by atoms with Gasteiger partial charge in [0, 0.05) is 39.9 Å². The predicted molar refractivity (Wildman–Crippen MR) is 188 cm³/mol. The second kappa shape index (κ2) is 12.5. The molecule has 0 atom stereocenters. The van der Waals surface area contributed by atoms with Gasteiger partial charge in [0.2, 0.25) is 10.0 Å². The first-order valence-corrected chi connectivity index (χ1v) is 17.0. The van der Waals surface area contributed by atoms with Crippen molar-refractivity contribution < 1.29 is 32.2 Å². The number of nitrogens with one attached hydrogen (secondary N) is 2. The van der Waals surface area contributed by atoms with Crippen molar-refractivity contribution in [3.63, 3.8) is 0 Å². The second-order valence-electron chi connectivity index (χ2n) is 11.2. The molecule has 0 saturated carbocycles. The molecule has 246 valence electrons. The van der Waals surface area contributed by atoms with E-state index in [0.717, 1.165) is 11.9 Å². The average Bonchev–Trinajstić information content (AvgIpc) is 3.11. The van der Waals surface area contributed by atoms with Gasteiger partial charge in [-0.15, -0.1) is 0 Å². The van der Waals surface area contributed by atoms with Crippen LogP contribution in [-0.4, -0.2) is 51.8 Å². The molecule has 49 heavy (non-hydrogen) atoms. The summed E-state index contributed by atoms with van der Waals surface area (Å²) in [7, 11) is 0.793. The number of ketones is 1. The fourth-order valence-electron chi connectivity index (χ4n) is 5.83. The molecule has 5 aromatic carbocycles. The van der Waals surface area contributed by atoms with Crippen molar-refractivity contribution in [3.05, 3.63) is 108 Å². The van der Waals surface area contributed by atoms with Gasteiger partial charge >= 0.3 is 0 Å². The lowest BCUT2D eigenvalue weighted by Crippen LogP contribution is -2.15. The maximum absolute atomic E-state index is 14.3. The van der Waals surface area contributed by atoms with Crippen LogP contribution in [0.5, 0.6) is 28.7 Å². The minimum absolute atomic E-state index is 0.165. The van der Waals surface area contributed by atoms with Gasteiger partial charge in [0.15, 0.2) is 28.9 Å². The molecular weight excluding hydrogens is 644 g/mol. The van der Waals surface area contributed by atoms with Crippen LogP contribution in [0.15, 0.2) is 97.1 Å². The summed E-state index contributed by atoms with van der Waals surface area (Å²) in [5, 5.41) is 3.89. The first-order valence-electron chi connectivity index (χ1n) is 15.1. The monoisotopic (exact) mass is 674 g/mol. The lowest BCUT2D eigenvalue weighted by Gasteiger charge is -2.24. The molecule has 0 aliphatic heterocycles. The van der Waals surface area contributed by atoms with Gasteiger partial charge < -0.3 is 24.3 Å². The summed E-state index contributed by atoms with van der Waals surface area (Å²) < 4.78 is 50.4. The van der Waals surface area contributed by atoms with Gasteiger partial charge in [0.25, 0.3) is 0 Å². The fourth-order valence-corrected chi connectivity index (χ4v) is 6.39. The van der Waals surface area contributed by atoms with E-state index in [1.54, 1.807) is 31.4 Å². The zero-order valence-electron chi connectivity index (χ0n) is 26.9. The molecule has 0 saturated heterocycles. The Bertz CT molecular complexity index is 2360. The van der Waals surface area contributed by atoms with Crippen LogP contribution in [0.25, 0.3) is 33.5 Å². The van der Waals surface area contributed by atoms with E-state index in [4.69, 9.17) is 28.9 Å². The molecule has 7 rings (SSSR count). The number of rotatable bonds is 10. The van der Waals surface area contributed by atoms with Crippen molar-refractivity contribution in [1.82, 2.24) is 9.97 Å². The number of anilines is 3. The molecule has 0 unspecified atom stereocenters. The van der Waals surface area contributed by atoms with Crippen LogP contribution < -0.4 is 29.0 Å². The van der Waals surface area contributed by atoms with Gasteiger partial charge in [0.05, 0.1) is 50.2 Å². The van der Waals surface area contributed by atoms with Crippen molar-refractivity contribution in [2.75, 3.05) is 37.6 Å². The van der Waals surface area contributed by atoms with Gasteiger partial charge in [-0.3, -0.25) is 9.52 Å². The zero-order chi connectivity index (χ0) is 34.3. The molecule has 6 aromatic rings. The topological polar surface area (TPSA) is 138 Å². The molecule has 0 fully saturated rings.